The van der Waals surface area contributed by atoms with E-state index in [0.29, 0.717) is 6.42 Å². The van der Waals surface area contributed by atoms with Crippen LogP contribution in [0, 0.1) is 0 Å². The third-order valence-electron chi connectivity index (χ3n) is 1.37. The van der Waals surface area contributed by atoms with E-state index in [4.69, 9.17) is 5.73 Å². The number of hydrogen-bond donors (Lipinski definition) is 1. The predicted molar refractivity (Wildman–Crippen MR) is 41.4 cm³/mol. The van der Waals surface area contributed by atoms with Gasteiger partial charge in [-0.3, -0.25) is 0 Å². The molecule has 0 spiro atoms. The van der Waals surface area contributed by atoms with Gasteiger partial charge in [-0.2, -0.15) is 18.2 Å². The molecular weight excluding hydrogens is 199 g/mol. The second-order valence-corrected chi connectivity index (χ2v) is 3.08. The molecule has 80 valence electrons. The third-order valence-corrected chi connectivity index (χ3v) is 1.37. The molecule has 2 N–H and O–H groups in total. The van der Waals surface area contributed by atoms with Crippen LogP contribution in [0.2, 0.25) is 0 Å². The molecule has 0 saturated carbocycles. The summed E-state index contributed by atoms with van der Waals surface area (Å²) in [5.74, 6) is -0.215. The molecule has 1 atom stereocenters. The fourth-order valence-electron chi connectivity index (χ4n) is 0.904. The number of hydrogen-bond acceptors (Lipinski definition) is 4. The maximum atomic E-state index is 11.9. The van der Waals surface area contributed by atoms with Gasteiger partial charge in [0.15, 0.2) is 5.82 Å². The van der Waals surface area contributed by atoms with Crippen LogP contribution >= 0.6 is 0 Å². The van der Waals surface area contributed by atoms with Crippen molar-refractivity contribution >= 4 is 0 Å². The molecule has 1 heterocycles. The summed E-state index contributed by atoms with van der Waals surface area (Å²) in [5.41, 5.74) is 5.42. The Balaban J connectivity index is 2.60. The zero-order valence-electron chi connectivity index (χ0n) is 7.51. The summed E-state index contributed by atoms with van der Waals surface area (Å²) in [7, 11) is 0. The monoisotopic (exact) mass is 209 g/mol. The summed E-state index contributed by atoms with van der Waals surface area (Å²) in [4.78, 5) is 3.56. The lowest BCUT2D eigenvalue weighted by atomic mass is 10.2. The Bertz CT molecular complexity index is 295. The van der Waals surface area contributed by atoms with Crippen molar-refractivity contribution in [2.24, 2.45) is 5.73 Å². The number of alkyl halides is 3. The minimum Gasteiger partial charge on any atom is -0.339 e. The molecule has 0 aliphatic heterocycles. The van der Waals surface area contributed by atoms with Gasteiger partial charge in [-0.15, -0.1) is 0 Å². The molecule has 0 radical (unpaired) electrons. The maximum absolute atomic E-state index is 11.9. The van der Waals surface area contributed by atoms with Gasteiger partial charge in [0, 0.05) is 12.5 Å². The van der Waals surface area contributed by atoms with Gasteiger partial charge < -0.3 is 10.3 Å². The second kappa shape index (κ2) is 3.95. The van der Waals surface area contributed by atoms with Gasteiger partial charge in [0.1, 0.15) is 6.42 Å². The lowest BCUT2D eigenvalue weighted by Crippen LogP contribution is -2.18. The van der Waals surface area contributed by atoms with E-state index < -0.39 is 18.5 Å². The molecule has 0 fully saturated rings. The van der Waals surface area contributed by atoms with Crippen molar-refractivity contribution < 1.29 is 17.7 Å². The summed E-state index contributed by atoms with van der Waals surface area (Å²) in [6, 6.07) is -0.202. The number of rotatable bonds is 3. The van der Waals surface area contributed by atoms with Crippen LogP contribution < -0.4 is 5.73 Å². The molecule has 1 aromatic rings. The van der Waals surface area contributed by atoms with Crippen molar-refractivity contribution in [1.29, 1.82) is 0 Å². The van der Waals surface area contributed by atoms with Gasteiger partial charge >= 0.3 is 6.18 Å². The minimum atomic E-state index is -4.32. The fraction of sp³-hybridized carbons (Fsp3) is 0.714. The fourth-order valence-corrected chi connectivity index (χ4v) is 0.904. The molecule has 0 saturated heterocycles. The summed E-state index contributed by atoms with van der Waals surface area (Å²) in [6.45, 7) is 1.71. The second-order valence-electron chi connectivity index (χ2n) is 3.08. The molecule has 0 amide bonds. The van der Waals surface area contributed by atoms with E-state index in [1.807, 2.05) is 0 Å². The Morgan fingerprint density at radius 2 is 2.14 bits per heavy atom. The average molecular weight is 209 g/mol. The average Bonchev–Trinajstić information content (AvgIpc) is 2.30. The first-order valence-electron chi connectivity index (χ1n) is 4.00. The first kappa shape index (κ1) is 11.0. The van der Waals surface area contributed by atoms with Crippen LogP contribution in [0.4, 0.5) is 13.2 Å². The normalized spacial score (nSPS) is 14.4. The predicted octanol–water partition coefficient (Wildman–Crippen LogP) is 1.06. The van der Waals surface area contributed by atoms with Crippen LogP contribution in [0.1, 0.15) is 18.6 Å². The number of halogens is 3. The first-order valence-corrected chi connectivity index (χ1v) is 4.00. The van der Waals surface area contributed by atoms with Gasteiger partial charge in [-0.05, 0) is 6.92 Å². The molecule has 1 unspecified atom stereocenters. The quantitative estimate of drug-likeness (QED) is 0.808. The molecule has 0 aliphatic rings. The molecule has 0 aromatic carbocycles. The molecule has 1 rings (SSSR count). The van der Waals surface area contributed by atoms with Crippen LogP contribution in [0.5, 0.6) is 0 Å². The Morgan fingerprint density at radius 1 is 1.50 bits per heavy atom. The van der Waals surface area contributed by atoms with Gasteiger partial charge in [0.2, 0.25) is 5.89 Å². The highest BCUT2D eigenvalue weighted by Crippen LogP contribution is 2.20. The lowest BCUT2D eigenvalue weighted by Gasteiger charge is -2.00. The lowest BCUT2D eigenvalue weighted by molar-refractivity contribution is -0.131. The Kier molecular flexibility index (Phi) is 3.10. The van der Waals surface area contributed by atoms with E-state index in [1.165, 1.54) is 0 Å². The van der Waals surface area contributed by atoms with Crippen molar-refractivity contribution in [3.05, 3.63) is 11.7 Å². The molecule has 14 heavy (non-hydrogen) atoms. The summed E-state index contributed by atoms with van der Waals surface area (Å²) < 4.78 is 40.0. The van der Waals surface area contributed by atoms with Crippen LogP contribution in [-0.2, 0) is 12.8 Å². The summed E-state index contributed by atoms with van der Waals surface area (Å²) in [6.07, 6.45) is -5.21. The number of nitrogens with two attached hydrogens (primary N) is 1. The van der Waals surface area contributed by atoms with E-state index in [-0.39, 0.29) is 11.9 Å². The molecular formula is C7H10F3N3O. The highest BCUT2D eigenvalue weighted by atomic mass is 19.4. The van der Waals surface area contributed by atoms with Crippen molar-refractivity contribution in [3.8, 4) is 0 Å². The van der Waals surface area contributed by atoms with Crippen LogP contribution in [-0.4, -0.2) is 22.4 Å². The van der Waals surface area contributed by atoms with Gasteiger partial charge in [-0.25, -0.2) is 0 Å². The zero-order valence-corrected chi connectivity index (χ0v) is 7.51. The van der Waals surface area contributed by atoms with Crippen molar-refractivity contribution in [2.75, 3.05) is 0 Å². The molecule has 4 nitrogen and oxygen atoms in total. The van der Waals surface area contributed by atoms with E-state index in [9.17, 15) is 13.2 Å². The SMILES string of the molecule is CC(N)Cc1noc(CC(F)(F)F)n1. The molecule has 0 bridgehead atoms. The van der Waals surface area contributed by atoms with Crippen molar-refractivity contribution in [2.45, 2.75) is 32.0 Å². The Morgan fingerprint density at radius 3 is 2.64 bits per heavy atom. The first-order chi connectivity index (χ1) is 6.37. The van der Waals surface area contributed by atoms with Crippen LogP contribution in [0.25, 0.3) is 0 Å². The standard InChI is InChI=1S/C7H10F3N3O/c1-4(11)2-5-12-6(14-13-5)3-7(8,9)10/h4H,2-3,11H2,1H3. The minimum absolute atomic E-state index is 0.202. The van der Waals surface area contributed by atoms with Gasteiger partial charge in [0.05, 0.1) is 0 Å². The molecule has 0 aliphatic carbocycles. The molecule has 1 aromatic heterocycles. The van der Waals surface area contributed by atoms with Gasteiger partial charge in [-0.1, -0.05) is 5.16 Å². The highest BCUT2D eigenvalue weighted by molar-refractivity contribution is 4.90. The maximum Gasteiger partial charge on any atom is 0.397 e. The summed E-state index contributed by atoms with van der Waals surface area (Å²) >= 11 is 0. The van der Waals surface area contributed by atoms with E-state index >= 15 is 0 Å². The highest BCUT2D eigenvalue weighted by Gasteiger charge is 2.31. The van der Waals surface area contributed by atoms with E-state index in [0.717, 1.165) is 0 Å². The van der Waals surface area contributed by atoms with E-state index in [2.05, 4.69) is 14.7 Å². The van der Waals surface area contributed by atoms with Crippen LogP contribution in [0.15, 0.2) is 4.52 Å². The summed E-state index contributed by atoms with van der Waals surface area (Å²) in [5, 5.41) is 3.37. The Hall–Kier alpha value is -1.11. The number of aromatic nitrogens is 2. The Labute approximate surface area is 78.3 Å². The van der Waals surface area contributed by atoms with Crippen molar-refractivity contribution in [3.63, 3.8) is 0 Å². The molecule has 7 heteroatoms. The van der Waals surface area contributed by atoms with Gasteiger partial charge in [0.25, 0.3) is 0 Å². The smallest absolute Gasteiger partial charge is 0.339 e. The zero-order chi connectivity index (χ0) is 10.8. The van der Waals surface area contributed by atoms with Crippen LogP contribution in [0.3, 0.4) is 0 Å². The third kappa shape index (κ3) is 3.73. The van der Waals surface area contributed by atoms with E-state index in [1.54, 1.807) is 6.92 Å². The van der Waals surface area contributed by atoms with Crippen molar-refractivity contribution in [1.82, 2.24) is 10.1 Å². The largest absolute Gasteiger partial charge is 0.397 e. The number of nitrogens with zero attached hydrogens (tertiary/aromatic N) is 2. The topological polar surface area (TPSA) is 64.9 Å².